The van der Waals surface area contributed by atoms with E-state index >= 15 is 0 Å². The van der Waals surface area contributed by atoms with Crippen LogP contribution in [-0.4, -0.2) is 52.3 Å². The third-order valence-corrected chi connectivity index (χ3v) is 5.81. The number of amides is 1. The molecule has 28 heavy (non-hydrogen) atoms. The van der Waals surface area contributed by atoms with Crippen molar-refractivity contribution in [1.29, 1.82) is 0 Å². The van der Waals surface area contributed by atoms with Crippen molar-refractivity contribution in [2.45, 2.75) is 38.3 Å². The Morgan fingerprint density at radius 3 is 2.57 bits per heavy atom. The molecule has 2 aromatic carbocycles. The summed E-state index contributed by atoms with van der Waals surface area (Å²) in [5, 5.41) is 11.3. The zero-order chi connectivity index (χ0) is 19.7. The molecule has 1 unspecified atom stereocenters. The summed E-state index contributed by atoms with van der Waals surface area (Å²) in [4.78, 5) is 28.5. The fourth-order valence-corrected chi connectivity index (χ4v) is 4.08. The number of nitrogens with zero attached hydrogens (tertiary/aromatic N) is 3. The molecule has 0 aromatic heterocycles. The van der Waals surface area contributed by atoms with E-state index in [4.69, 9.17) is 0 Å². The van der Waals surface area contributed by atoms with E-state index in [2.05, 4.69) is 17.0 Å². The molecule has 0 N–H and O–H groups in total. The maximum Gasteiger partial charge on any atom is 0.273 e. The number of hydrogen-bond acceptors (Lipinski definition) is 4. The van der Waals surface area contributed by atoms with Crippen molar-refractivity contribution in [2.24, 2.45) is 0 Å². The Bertz CT molecular complexity index is 880. The van der Waals surface area contributed by atoms with Crippen LogP contribution in [0.5, 0.6) is 0 Å². The minimum Gasteiger partial charge on any atom is -0.333 e. The van der Waals surface area contributed by atoms with Crippen molar-refractivity contribution in [3.05, 3.63) is 75.3 Å². The number of aryl methyl sites for hydroxylation is 1. The second kappa shape index (κ2) is 7.72. The van der Waals surface area contributed by atoms with E-state index in [0.717, 1.165) is 19.5 Å². The van der Waals surface area contributed by atoms with Crippen molar-refractivity contribution < 1.29 is 9.72 Å². The molecule has 1 heterocycles. The molecular weight excluding hydrogens is 354 g/mol. The van der Waals surface area contributed by atoms with Crippen LogP contribution in [0.2, 0.25) is 0 Å². The van der Waals surface area contributed by atoms with Gasteiger partial charge >= 0.3 is 0 Å². The fraction of sp³-hybridized carbons (Fsp3) is 0.409. The van der Waals surface area contributed by atoms with Gasteiger partial charge < -0.3 is 4.90 Å². The molecular formula is C22H25N3O3. The number of nitro benzene ring substituents is 1. The molecule has 0 spiro atoms. The number of rotatable bonds is 5. The summed E-state index contributed by atoms with van der Waals surface area (Å²) in [5.41, 5.74) is 2.18. The molecule has 6 nitrogen and oxygen atoms in total. The van der Waals surface area contributed by atoms with Crippen LogP contribution in [0.25, 0.3) is 0 Å². The SMILES string of the molecule is Cc1ccc(C(=O)N2CCN(C3CC3)CC2Cc2ccccc2)cc1[N+](=O)[O-]. The predicted molar refractivity (Wildman–Crippen MR) is 107 cm³/mol. The Balaban J connectivity index is 1.59. The van der Waals surface area contributed by atoms with E-state index in [0.29, 0.717) is 23.7 Å². The lowest BCUT2D eigenvalue weighted by Crippen LogP contribution is -2.56. The predicted octanol–water partition coefficient (Wildman–Crippen LogP) is 3.43. The first-order valence-corrected chi connectivity index (χ1v) is 9.87. The quantitative estimate of drug-likeness (QED) is 0.590. The summed E-state index contributed by atoms with van der Waals surface area (Å²) in [6, 6.07) is 15.7. The van der Waals surface area contributed by atoms with Crippen LogP contribution in [0.1, 0.15) is 34.3 Å². The van der Waals surface area contributed by atoms with Gasteiger partial charge in [0.2, 0.25) is 0 Å². The molecule has 2 fully saturated rings. The van der Waals surface area contributed by atoms with Crippen LogP contribution in [0.4, 0.5) is 5.69 Å². The average molecular weight is 379 g/mol. The normalized spacial score (nSPS) is 20.2. The first-order valence-electron chi connectivity index (χ1n) is 9.87. The van der Waals surface area contributed by atoms with Crippen LogP contribution in [0.3, 0.4) is 0 Å². The van der Waals surface area contributed by atoms with Gasteiger partial charge in [0, 0.05) is 48.9 Å². The summed E-state index contributed by atoms with van der Waals surface area (Å²) < 4.78 is 0. The minimum absolute atomic E-state index is 0.00192. The highest BCUT2D eigenvalue weighted by Gasteiger charge is 2.37. The fourth-order valence-electron chi connectivity index (χ4n) is 4.08. The van der Waals surface area contributed by atoms with E-state index in [1.165, 1.54) is 24.5 Å². The molecule has 1 aliphatic heterocycles. The first kappa shape index (κ1) is 18.6. The van der Waals surface area contributed by atoms with E-state index < -0.39 is 4.92 Å². The molecule has 2 aromatic rings. The summed E-state index contributed by atoms with van der Waals surface area (Å²) >= 11 is 0. The number of nitro groups is 1. The summed E-state index contributed by atoms with van der Waals surface area (Å²) in [6.45, 7) is 4.09. The zero-order valence-corrected chi connectivity index (χ0v) is 16.1. The van der Waals surface area contributed by atoms with Gasteiger partial charge in [-0.3, -0.25) is 19.8 Å². The van der Waals surface area contributed by atoms with Crippen molar-refractivity contribution in [3.8, 4) is 0 Å². The highest BCUT2D eigenvalue weighted by Crippen LogP contribution is 2.30. The van der Waals surface area contributed by atoms with Gasteiger partial charge in [0.25, 0.3) is 11.6 Å². The van der Waals surface area contributed by atoms with E-state index in [1.54, 1.807) is 19.1 Å². The van der Waals surface area contributed by atoms with Gasteiger partial charge in [-0.1, -0.05) is 36.4 Å². The molecule has 1 aliphatic carbocycles. The Morgan fingerprint density at radius 2 is 1.89 bits per heavy atom. The van der Waals surface area contributed by atoms with Crippen molar-refractivity contribution >= 4 is 11.6 Å². The van der Waals surface area contributed by atoms with Crippen LogP contribution >= 0.6 is 0 Å². The molecule has 1 saturated heterocycles. The van der Waals surface area contributed by atoms with Gasteiger partial charge in [-0.2, -0.15) is 0 Å². The monoisotopic (exact) mass is 379 g/mol. The zero-order valence-electron chi connectivity index (χ0n) is 16.1. The second-order valence-corrected chi connectivity index (χ2v) is 7.83. The summed E-state index contributed by atoms with van der Waals surface area (Å²) in [6.07, 6.45) is 3.29. The smallest absolute Gasteiger partial charge is 0.273 e. The van der Waals surface area contributed by atoms with Crippen LogP contribution in [0, 0.1) is 17.0 Å². The van der Waals surface area contributed by atoms with Crippen molar-refractivity contribution in [1.82, 2.24) is 9.80 Å². The minimum atomic E-state index is -0.418. The highest BCUT2D eigenvalue weighted by molar-refractivity contribution is 5.95. The van der Waals surface area contributed by atoms with Gasteiger partial charge in [0.1, 0.15) is 0 Å². The summed E-state index contributed by atoms with van der Waals surface area (Å²) in [7, 11) is 0. The van der Waals surface area contributed by atoms with Crippen molar-refractivity contribution in [2.75, 3.05) is 19.6 Å². The van der Waals surface area contributed by atoms with Gasteiger partial charge in [0.05, 0.1) is 4.92 Å². The van der Waals surface area contributed by atoms with Gasteiger partial charge in [-0.15, -0.1) is 0 Å². The average Bonchev–Trinajstić information content (AvgIpc) is 3.54. The van der Waals surface area contributed by atoms with Gasteiger partial charge in [-0.25, -0.2) is 0 Å². The number of benzene rings is 2. The largest absolute Gasteiger partial charge is 0.333 e. The molecule has 2 aliphatic rings. The molecule has 0 radical (unpaired) electrons. The van der Waals surface area contributed by atoms with E-state index in [9.17, 15) is 14.9 Å². The van der Waals surface area contributed by atoms with Crippen LogP contribution in [0.15, 0.2) is 48.5 Å². The first-order chi connectivity index (χ1) is 13.5. The Labute approximate surface area is 164 Å². The lowest BCUT2D eigenvalue weighted by atomic mass is 10.00. The molecule has 1 amide bonds. The maximum absolute atomic E-state index is 13.3. The lowest BCUT2D eigenvalue weighted by Gasteiger charge is -2.42. The van der Waals surface area contributed by atoms with Gasteiger partial charge in [-0.05, 0) is 37.8 Å². The summed E-state index contributed by atoms with van der Waals surface area (Å²) in [5.74, 6) is -0.112. The Hall–Kier alpha value is -2.73. The van der Waals surface area contributed by atoms with Crippen LogP contribution < -0.4 is 0 Å². The topological polar surface area (TPSA) is 66.7 Å². The van der Waals surface area contributed by atoms with E-state index in [1.807, 2.05) is 23.1 Å². The third-order valence-electron chi connectivity index (χ3n) is 5.81. The van der Waals surface area contributed by atoms with E-state index in [-0.39, 0.29) is 17.6 Å². The molecule has 1 atom stereocenters. The molecule has 6 heteroatoms. The number of hydrogen-bond donors (Lipinski definition) is 0. The second-order valence-electron chi connectivity index (χ2n) is 7.83. The van der Waals surface area contributed by atoms with Crippen molar-refractivity contribution in [3.63, 3.8) is 0 Å². The third kappa shape index (κ3) is 3.92. The van der Waals surface area contributed by atoms with Gasteiger partial charge in [0.15, 0.2) is 0 Å². The number of carbonyl (C=O) groups excluding carboxylic acids is 1. The molecule has 4 rings (SSSR count). The maximum atomic E-state index is 13.3. The Kier molecular flexibility index (Phi) is 5.13. The highest BCUT2D eigenvalue weighted by atomic mass is 16.6. The standard InChI is InChI=1S/C22H25N3O3/c1-16-7-8-18(14-21(16)25(27)28)22(26)24-12-11-23(19-9-10-19)15-20(24)13-17-5-3-2-4-6-17/h2-8,14,19-20H,9-13,15H2,1H3. The Morgan fingerprint density at radius 1 is 1.14 bits per heavy atom. The molecule has 1 saturated carbocycles. The van der Waals surface area contributed by atoms with Crippen LogP contribution in [-0.2, 0) is 6.42 Å². The number of carbonyl (C=O) groups is 1. The molecule has 0 bridgehead atoms. The lowest BCUT2D eigenvalue weighted by molar-refractivity contribution is -0.385. The number of piperazine rings is 1. The molecule has 146 valence electrons.